The molecule has 1 amide bonds. The number of benzene rings is 1. The number of alkyl halides is 1. The van der Waals surface area contributed by atoms with Gasteiger partial charge < -0.3 is 20.4 Å². The zero-order valence-corrected chi connectivity index (χ0v) is 22.0. The third kappa shape index (κ3) is 7.11. The minimum absolute atomic E-state index is 0.0295. The number of anilines is 1. The lowest BCUT2D eigenvalue weighted by atomic mass is 9.86. The Morgan fingerprint density at radius 2 is 1.92 bits per heavy atom. The zero-order chi connectivity index (χ0) is 25.9. The molecule has 10 heteroatoms. The van der Waals surface area contributed by atoms with E-state index in [1.165, 1.54) is 6.07 Å². The summed E-state index contributed by atoms with van der Waals surface area (Å²) in [7, 11) is 0. The summed E-state index contributed by atoms with van der Waals surface area (Å²) in [6.07, 6.45) is 5.81. The van der Waals surface area contributed by atoms with Gasteiger partial charge in [-0.3, -0.25) is 4.79 Å². The van der Waals surface area contributed by atoms with Gasteiger partial charge in [-0.2, -0.15) is 11.8 Å². The molecule has 2 aromatic rings. The molecule has 0 radical (unpaired) electrons. The Kier molecular flexibility index (Phi) is 8.12. The molecular weight excluding hydrogens is 486 g/mol. The van der Waals surface area contributed by atoms with Crippen LogP contribution in [0.5, 0.6) is 0 Å². The van der Waals surface area contributed by atoms with Crippen molar-refractivity contribution in [3.8, 4) is 0 Å². The summed E-state index contributed by atoms with van der Waals surface area (Å²) >= 11 is 1.61. The quantitative estimate of drug-likeness (QED) is 0.424. The molecule has 198 valence electrons. The van der Waals surface area contributed by atoms with Gasteiger partial charge in [-0.25, -0.2) is 18.6 Å². The van der Waals surface area contributed by atoms with Crippen LogP contribution in [0.1, 0.15) is 78.0 Å². The van der Waals surface area contributed by atoms with Gasteiger partial charge in [0.2, 0.25) is 0 Å². The number of H-pyrrole nitrogens is 1. The highest BCUT2D eigenvalue weighted by Crippen LogP contribution is 2.37. The molecule has 0 bridgehead atoms. The first-order valence-electron chi connectivity index (χ1n) is 12.8. The summed E-state index contributed by atoms with van der Waals surface area (Å²) in [5, 5.41) is 6.10. The van der Waals surface area contributed by atoms with E-state index in [0.29, 0.717) is 54.5 Å². The minimum atomic E-state index is -1.45. The van der Waals surface area contributed by atoms with Crippen molar-refractivity contribution in [2.24, 2.45) is 0 Å². The first-order valence-corrected chi connectivity index (χ1v) is 13.8. The molecule has 7 nitrogen and oxygen atoms in total. The van der Waals surface area contributed by atoms with Gasteiger partial charge in [-0.1, -0.05) is 12.8 Å². The zero-order valence-electron chi connectivity index (χ0n) is 21.2. The first kappa shape index (κ1) is 26.7. The van der Waals surface area contributed by atoms with Crippen molar-refractivity contribution in [3.63, 3.8) is 0 Å². The number of hydrogen-bond donors (Lipinski definition) is 3. The molecule has 1 aromatic heterocycles. The van der Waals surface area contributed by atoms with Crippen LogP contribution in [0.3, 0.4) is 0 Å². The number of aromatic amines is 1. The maximum atomic E-state index is 15.2. The Morgan fingerprint density at radius 1 is 1.22 bits per heavy atom. The Morgan fingerprint density at radius 3 is 2.58 bits per heavy atom. The molecule has 36 heavy (non-hydrogen) atoms. The normalized spacial score (nSPS) is 23.1. The van der Waals surface area contributed by atoms with Gasteiger partial charge >= 0.3 is 6.09 Å². The van der Waals surface area contributed by atoms with Gasteiger partial charge in [0.05, 0.1) is 17.8 Å². The summed E-state index contributed by atoms with van der Waals surface area (Å²) in [6, 6.07) is 3.44. The fourth-order valence-corrected chi connectivity index (χ4v) is 6.02. The number of amides is 1. The SMILES string of the molecule is CC(C)(C)OC(=O)NCC1(F)CCC(SCc2nc3cc(NC4CCCC4)cc(F)c3c(=O)[nH]2)CC1. The number of ether oxygens (including phenoxy) is 1. The van der Waals surface area contributed by atoms with Gasteiger partial charge in [-0.05, 0) is 71.4 Å². The highest BCUT2D eigenvalue weighted by atomic mass is 32.2. The summed E-state index contributed by atoms with van der Waals surface area (Å²) < 4.78 is 35.0. The maximum Gasteiger partial charge on any atom is 0.407 e. The molecule has 2 saturated carbocycles. The fraction of sp³-hybridized carbons (Fsp3) is 0.654. The van der Waals surface area contributed by atoms with Crippen molar-refractivity contribution in [3.05, 3.63) is 34.1 Å². The highest BCUT2D eigenvalue weighted by Gasteiger charge is 2.36. The molecule has 2 aliphatic rings. The van der Waals surface area contributed by atoms with Crippen LogP contribution in [0.25, 0.3) is 10.9 Å². The predicted molar refractivity (Wildman–Crippen MR) is 140 cm³/mol. The molecule has 0 unspecified atom stereocenters. The third-order valence-electron chi connectivity index (χ3n) is 6.77. The van der Waals surface area contributed by atoms with Crippen molar-refractivity contribution in [1.29, 1.82) is 0 Å². The Labute approximate surface area is 214 Å². The summed E-state index contributed by atoms with van der Waals surface area (Å²) in [5.41, 5.74) is -1.58. The Balaban J connectivity index is 1.32. The van der Waals surface area contributed by atoms with Crippen LogP contribution in [0.15, 0.2) is 16.9 Å². The molecule has 2 aliphatic carbocycles. The Hall–Kier alpha value is -2.36. The monoisotopic (exact) mass is 522 g/mol. The van der Waals surface area contributed by atoms with Crippen molar-refractivity contribution < 1.29 is 18.3 Å². The molecule has 1 heterocycles. The summed E-state index contributed by atoms with van der Waals surface area (Å²) in [4.78, 5) is 31.7. The van der Waals surface area contributed by atoms with E-state index in [1.54, 1.807) is 38.6 Å². The van der Waals surface area contributed by atoms with Gasteiger partial charge in [0, 0.05) is 17.0 Å². The number of halogens is 2. The van der Waals surface area contributed by atoms with Gasteiger partial charge in [0.1, 0.15) is 28.3 Å². The van der Waals surface area contributed by atoms with E-state index in [0.717, 1.165) is 25.7 Å². The summed E-state index contributed by atoms with van der Waals surface area (Å²) in [5.74, 6) is 0.360. The summed E-state index contributed by atoms with van der Waals surface area (Å²) in [6.45, 7) is 5.23. The largest absolute Gasteiger partial charge is 0.444 e. The van der Waals surface area contributed by atoms with E-state index in [1.807, 2.05) is 0 Å². The third-order valence-corrected chi connectivity index (χ3v) is 8.15. The van der Waals surface area contributed by atoms with Gasteiger partial charge in [0.15, 0.2) is 0 Å². The topological polar surface area (TPSA) is 96.1 Å². The van der Waals surface area contributed by atoms with Gasteiger partial charge in [0.25, 0.3) is 5.56 Å². The highest BCUT2D eigenvalue weighted by molar-refractivity contribution is 7.99. The smallest absolute Gasteiger partial charge is 0.407 e. The van der Waals surface area contributed by atoms with E-state index in [9.17, 15) is 14.0 Å². The van der Waals surface area contributed by atoms with E-state index in [-0.39, 0.29) is 17.2 Å². The number of carbonyl (C=O) groups excluding carboxylic acids is 1. The number of aromatic nitrogens is 2. The standard InChI is InChI=1S/C26H36F2N4O3S/c1-25(2,3)35-24(34)29-15-26(28)10-8-18(9-11-26)36-14-21-31-20-13-17(30-16-6-4-5-7-16)12-19(27)22(20)23(33)32-21/h12-13,16,18,30H,4-11,14-15H2,1-3H3,(H,29,34)(H,31,32,33). The van der Waals surface area contributed by atoms with Crippen LogP contribution < -0.4 is 16.2 Å². The molecule has 3 N–H and O–H groups in total. The van der Waals surface area contributed by atoms with Crippen molar-refractivity contribution in [2.45, 2.75) is 100 Å². The number of fused-ring (bicyclic) bond motifs is 1. The van der Waals surface area contributed by atoms with Crippen LogP contribution in [-0.2, 0) is 10.5 Å². The average molecular weight is 523 g/mol. The lowest BCUT2D eigenvalue weighted by Gasteiger charge is -2.34. The second-order valence-electron chi connectivity index (χ2n) is 11.0. The molecule has 1 aromatic carbocycles. The number of nitrogens with one attached hydrogen (secondary N) is 3. The van der Waals surface area contributed by atoms with E-state index in [2.05, 4.69) is 20.6 Å². The number of hydrogen-bond acceptors (Lipinski definition) is 6. The minimum Gasteiger partial charge on any atom is -0.444 e. The van der Waals surface area contributed by atoms with Crippen LogP contribution in [0.4, 0.5) is 19.3 Å². The van der Waals surface area contributed by atoms with Crippen LogP contribution in [-0.4, -0.2) is 45.2 Å². The predicted octanol–water partition coefficient (Wildman–Crippen LogP) is 5.83. The molecule has 0 spiro atoms. The van der Waals surface area contributed by atoms with Crippen molar-refractivity contribution in [2.75, 3.05) is 11.9 Å². The number of nitrogens with zero attached hydrogens (tertiary/aromatic N) is 1. The second kappa shape index (κ2) is 10.9. The number of carbonyl (C=O) groups is 1. The molecule has 4 rings (SSSR count). The molecular formula is C26H36F2N4O3S. The van der Waals surface area contributed by atoms with Gasteiger partial charge in [-0.15, -0.1) is 0 Å². The second-order valence-corrected chi connectivity index (χ2v) is 12.3. The lowest BCUT2D eigenvalue weighted by Crippen LogP contribution is -2.44. The van der Waals surface area contributed by atoms with Crippen LogP contribution >= 0.6 is 11.8 Å². The molecule has 2 fully saturated rings. The molecule has 0 aliphatic heterocycles. The van der Waals surface area contributed by atoms with Crippen LogP contribution in [0.2, 0.25) is 0 Å². The average Bonchev–Trinajstić information content (AvgIpc) is 3.29. The maximum absolute atomic E-state index is 15.2. The van der Waals surface area contributed by atoms with E-state index >= 15 is 4.39 Å². The lowest BCUT2D eigenvalue weighted by molar-refractivity contribution is 0.0439. The van der Waals surface area contributed by atoms with Crippen LogP contribution in [0, 0.1) is 5.82 Å². The van der Waals surface area contributed by atoms with Crippen molar-refractivity contribution >= 4 is 34.4 Å². The fourth-order valence-electron chi connectivity index (χ4n) is 4.92. The van der Waals surface area contributed by atoms with Crippen molar-refractivity contribution in [1.82, 2.24) is 15.3 Å². The first-order chi connectivity index (χ1) is 17.0. The number of rotatable bonds is 7. The van der Waals surface area contributed by atoms with E-state index < -0.39 is 28.7 Å². The molecule has 0 saturated heterocycles. The number of alkyl carbamates (subject to hydrolysis) is 1. The molecule has 0 atom stereocenters. The number of thioether (sulfide) groups is 1. The van der Waals surface area contributed by atoms with E-state index in [4.69, 9.17) is 4.74 Å². The Bertz CT molecular complexity index is 1140.